The van der Waals surface area contributed by atoms with Gasteiger partial charge in [-0.25, -0.2) is 9.78 Å². The van der Waals surface area contributed by atoms with Crippen LogP contribution in [0.25, 0.3) is 0 Å². The molecule has 1 aromatic heterocycles. The van der Waals surface area contributed by atoms with Crippen LogP contribution in [0.3, 0.4) is 0 Å². The molecule has 0 aliphatic carbocycles. The van der Waals surface area contributed by atoms with E-state index in [1.165, 1.54) is 7.11 Å². The number of likely N-dealkylation sites (tertiary alicyclic amines) is 1. The fourth-order valence-electron chi connectivity index (χ4n) is 3.17. The molecule has 0 saturated carbocycles. The summed E-state index contributed by atoms with van der Waals surface area (Å²) < 4.78 is 10.6. The molecule has 7 heteroatoms. The van der Waals surface area contributed by atoms with E-state index in [1.54, 1.807) is 30.6 Å². The molecule has 0 bridgehead atoms. The van der Waals surface area contributed by atoms with Crippen molar-refractivity contribution in [2.24, 2.45) is 0 Å². The molecule has 0 radical (unpaired) electrons. The van der Waals surface area contributed by atoms with Gasteiger partial charge in [0.1, 0.15) is 16.5 Å². The van der Waals surface area contributed by atoms with Crippen LogP contribution < -0.4 is 9.47 Å². The standard InChI is InChI=1S/C17H20N2O4S/c1-22-11-8-12(17(20)21)13(15(9-11)23-2)10-19-6-3-4-14(19)16-18-5-7-24-16/h5,7-9,14H,3-4,6,10H2,1-2H3,(H,20,21)/t14-/m1/s1. The van der Waals surface area contributed by atoms with Crippen LogP contribution in [0.2, 0.25) is 0 Å². The molecule has 1 saturated heterocycles. The van der Waals surface area contributed by atoms with Crippen LogP contribution in [-0.4, -0.2) is 41.7 Å². The molecule has 0 unspecified atom stereocenters. The number of aromatic carboxylic acids is 1. The van der Waals surface area contributed by atoms with Crippen molar-refractivity contribution >= 4 is 17.3 Å². The second-order valence-electron chi connectivity index (χ2n) is 5.66. The second-order valence-corrected chi connectivity index (χ2v) is 6.59. The summed E-state index contributed by atoms with van der Waals surface area (Å²) in [4.78, 5) is 18.4. The van der Waals surface area contributed by atoms with E-state index in [1.807, 2.05) is 11.6 Å². The van der Waals surface area contributed by atoms with Gasteiger partial charge in [0.05, 0.1) is 25.8 Å². The Morgan fingerprint density at radius 1 is 1.42 bits per heavy atom. The first-order chi connectivity index (χ1) is 11.6. The third kappa shape index (κ3) is 3.22. The zero-order valence-electron chi connectivity index (χ0n) is 13.7. The Morgan fingerprint density at radius 2 is 2.25 bits per heavy atom. The number of carboxylic acids is 1. The molecule has 1 fully saturated rings. The van der Waals surface area contributed by atoms with Gasteiger partial charge in [-0.3, -0.25) is 4.90 Å². The highest BCUT2D eigenvalue weighted by Crippen LogP contribution is 2.37. The molecule has 6 nitrogen and oxygen atoms in total. The summed E-state index contributed by atoms with van der Waals surface area (Å²) in [6.45, 7) is 1.43. The lowest BCUT2D eigenvalue weighted by molar-refractivity contribution is 0.0693. The minimum absolute atomic E-state index is 0.219. The van der Waals surface area contributed by atoms with Gasteiger partial charge in [0, 0.05) is 29.8 Å². The third-order valence-corrected chi connectivity index (χ3v) is 5.21. The second kappa shape index (κ2) is 7.19. The average molecular weight is 348 g/mol. The summed E-state index contributed by atoms with van der Waals surface area (Å²) in [6.07, 6.45) is 3.92. The van der Waals surface area contributed by atoms with Gasteiger partial charge in [0.15, 0.2) is 0 Å². The first-order valence-electron chi connectivity index (χ1n) is 7.75. The van der Waals surface area contributed by atoms with Crippen molar-refractivity contribution < 1.29 is 19.4 Å². The summed E-state index contributed by atoms with van der Waals surface area (Å²) in [6, 6.07) is 3.52. The summed E-state index contributed by atoms with van der Waals surface area (Å²) in [5, 5.41) is 12.6. The van der Waals surface area contributed by atoms with Crippen molar-refractivity contribution in [3.63, 3.8) is 0 Å². The van der Waals surface area contributed by atoms with E-state index in [2.05, 4.69) is 9.88 Å². The first kappa shape index (κ1) is 16.7. The molecule has 0 amide bonds. The van der Waals surface area contributed by atoms with Crippen LogP contribution in [0, 0.1) is 0 Å². The molecule has 3 rings (SSSR count). The number of aromatic nitrogens is 1. The largest absolute Gasteiger partial charge is 0.497 e. The molecule has 2 heterocycles. The van der Waals surface area contributed by atoms with E-state index in [0.29, 0.717) is 23.6 Å². The molecule has 1 aliphatic heterocycles. The number of thiazole rings is 1. The lowest BCUT2D eigenvalue weighted by atomic mass is 10.0. The Morgan fingerprint density at radius 3 is 2.88 bits per heavy atom. The molecule has 1 atom stereocenters. The quantitative estimate of drug-likeness (QED) is 0.864. The average Bonchev–Trinajstić information content (AvgIpc) is 3.25. The van der Waals surface area contributed by atoms with E-state index in [0.717, 1.165) is 24.4 Å². The zero-order chi connectivity index (χ0) is 17.1. The molecule has 1 aliphatic rings. The third-order valence-electron chi connectivity index (χ3n) is 4.33. The number of rotatable bonds is 6. The Bertz CT molecular complexity index is 718. The predicted octanol–water partition coefficient (Wildman–Crippen LogP) is 3.20. The smallest absolute Gasteiger partial charge is 0.336 e. The Balaban J connectivity index is 1.95. The minimum atomic E-state index is -0.979. The van der Waals surface area contributed by atoms with Gasteiger partial charge < -0.3 is 14.6 Å². The number of methoxy groups -OCH3 is 2. The number of ether oxygens (including phenoxy) is 2. The molecule has 128 valence electrons. The minimum Gasteiger partial charge on any atom is -0.497 e. The van der Waals surface area contributed by atoms with E-state index < -0.39 is 5.97 Å². The lowest BCUT2D eigenvalue weighted by Gasteiger charge is -2.25. The van der Waals surface area contributed by atoms with Crippen molar-refractivity contribution in [1.29, 1.82) is 0 Å². The van der Waals surface area contributed by atoms with Gasteiger partial charge in [-0.15, -0.1) is 11.3 Å². The highest BCUT2D eigenvalue weighted by atomic mass is 32.1. The number of carbonyl (C=O) groups is 1. The van der Waals surface area contributed by atoms with E-state index in [4.69, 9.17) is 9.47 Å². The molecule has 1 aromatic carbocycles. The summed E-state index contributed by atoms with van der Waals surface area (Å²) >= 11 is 1.64. The van der Waals surface area contributed by atoms with Gasteiger partial charge in [-0.2, -0.15) is 0 Å². The van der Waals surface area contributed by atoms with Crippen molar-refractivity contribution in [2.45, 2.75) is 25.4 Å². The van der Waals surface area contributed by atoms with E-state index >= 15 is 0 Å². The van der Waals surface area contributed by atoms with E-state index in [-0.39, 0.29) is 11.6 Å². The zero-order valence-corrected chi connectivity index (χ0v) is 14.5. The van der Waals surface area contributed by atoms with Crippen molar-refractivity contribution in [1.82, 2.24) is 9.88 Å². The summed E-state index contributed by atoms with van der Waals surface area (Å²) in [5.41, 5.74) is 0.894. The fourth-order valence-corrected chi connectivity index (χ4v) is 3.98. The lowest BCUT2D eigenvalue weighted by Crippen LogP contribution is -2.24. The molecular weight excluding hydrogens is 328 g/mol. The van der Waals surface area contributed by atoms with Crippen LogP contribution in [0.5, 0.6) is 11.5 Å². The normalized spacial score (nSPS) is 17.8. The van der Waals surface area contributed by atoms with Crippen LogP contribution in [0.15, 0.2) is 23.7 Å². The van der Waals surface area contributed by atoms with Gasteiger partial charge >= 0.3 is 5.97 Å². The van der Waals surface area contributed by atoms with Crippen molar-refractivity contribution in [3.05, 3.63) is 39.8 Å². The monoisotopic (exact) mass is 348 g/mol. The molecular formula is C17H20N2O4S. The fraction of sp³-hybridized carbons (Fsp3) is 0.412. The molecule has 1 N–H and O–H groups in total. The Kier molecular flexibility index (Phi) is 5.01. The van der Waals surface area contributed by atoms with Gasteiger partial charge in [0.2, 0.25) is 0 Å². The highest BCUT2D eigenvalue weighted by molar-refractivity contribution is 7.09. The summed E-state index contributed by atoms with van der Waals surface area (Å²) in [7, 11) is 3.06. The van der Waals surface area contributed by atoms with Crippen molar-refractivity contribution in [2.75, 3.05) is 20.8 Å². The highest BCUT2D eigenvalue weighted by Gasteiger charge is 2.30. The maximum absolute atomic E-state index is 11.7. The molecule has 0 spiro atoms. The maximum Gasteiger partial charge on any atom is 0.336 e. The maximum atomic E-state index is 11.7. The van der Waals surface area contributed by atoms with Gasteiger partial charge in [-0.1, -0.05) is 0 Å². The number of benzene rings is 1. The van der Waals surface area contributed by atoms with Crippen LogP contribution in [0.4, 0.5) is 0 Å². The SMILES string of the molecule is COc1cc(OC)c(CN2CCC[C@@H]2c2nccs2)c(C(=O)O)c1. The van der Waals surface area contributed by atoms with Crippen LogP contribution in [-0.2, 0) is 6.54 Å². The molecule has 2 aromatic rings. The Hall–Kier alpha value is -2.12. The van der Waals surface area contributed by atoms with E-state index in [9.17, 15) is 9.90 Å². The van der Waals surface area contributed by atoms with Crippen molar-refractivity contribution in [3.8, 4) is 11.5 Å². The topological polar surface area (TPSA) is 71.9 Å². The van der Waals surface area contributed by atoms with Crippen LogP contribution in [0.1, 0.15) is 39.8 Å². The summed E-state index contributed by atoms with van der Waals surface area (Å²) in [5.74, 6) is 0.0367. The number of carboxylic acid groups (broad SMARTS) is 1. The van der Waals surface area contributed by atoms with Crippen LogP contribution >= 0.6 is 11.3 Å². The Labute approximate surface area is 144 Å². The van der Waals surface area contributed by atoms with Gasteiger partial charge in [-0.05, 0) is 25.5 Å². The molecule has 24 heavy (non-hydrogen) atoms. The first-order valence-corrected chi connectivity index (χ1v) is 8.63. The number of hydrogen-bond donors (Lipinski definition) is 1. The van der Waals surface area contributed by atoms with Gasteiger partial charge in [0.25, 0.3) is 0 Å². The predicted molar refractivity (Wildman–Crippen MR) is 91.0 cm³/mol. The number of nitrogens with zero attached hydrogens (tertiary/aromatic N) is 2. The number of hydrogen-bond acceptors (Lipinski definition) is 6.